The van der Waals surface area contributed by atoms with E-state index in [9.17, 15) is 9.18 Å². The topological polar surface area (TPSA) is 112 Å². The van der Waals surface area contributed by atoms with E-state index in [2.05, 4.69) is 34.8 Å². The van der Waals surface area contributed by atoms with Crippen LogP contribution in [0.3, 0.4) is 0 Å². The molecule has 5 aromatic heterocycles. The van der Waals surface area contributed by atoms with Gasteiger partial charge in [0.2, 0.25) is 0 Å². The number of nitrogens with zero attached hydrogens (tertiary/aromatic N) is 9. The zero-order chi connectivity index (χ0) is 23.6. The van der Waals surface area contributed by atoms with Crippen LogP contribution >= 0.6 is 9.39 Å². The van der Waals surface area contributed by atoms with Crippen molar-refractivity contribution in [1.29, 1.82) is 0 Å². The molecule has 5 aromatic rings. The average Bonchev–Trinajstić information content (AvgIpc) is 3.60. The maximum Gasteiger partial charge on any atom is 0.312 e. The minimum atomic E-state index is -0.647. The lowest BCUT2D eigenvalue weighted by atomic mass is 9.99. The quantitative estimate of drug-likeness (QED) is 0.365. The van der Waals surface area contributed by atoms with E-state index in [4.69, 9.17) is 4.42 Å². The molecule has 0 fully saturated rings. The van der Waals surface area contributed by atoms with Gasteiger partial charge >= 0.3 is 11.8 Å². The normalized spacial score (nSPS) is 15.8. The Labute approximate surface area is 194 Å². The van der Waals surface area contributed by atoms with Crippen LogP contribution in [0.4, 0.5) is 4.39 Å². The van der Waals surface area contributed by atoms with Crippen molar-refractivity contribution < 1.29 is 13.6 Å². The lowest BCUT2D eigenvalue weighted by Crippen LogP contribution is -2.41. The van der Waals surface area contributed by atoms with E-state index in [1.54, 1.807) is 47.5 Å². The van der Waals surface area contributed by atoms with Gasteiger partial charge in [-0.1, -0.05) is 0 Å². The molecule has 0 saturated heterocycles. The highest BCUT2D eigenvalue weighted by atomic mass is 31.0. The minimum absolute atomic E-state index is 0.149. The number of carbonyl (C=O) groups is 1. The fourth-order valence-corrected chi connectivity index (χ4v) is 4.75. The van der Waals surface area contributed by atoms with Crippen LogP contribution in [0.5, 0.6) is 0 Å². The number of aromatic nitrogens is 8. The molecule has 0 bridgehead atoms. The summed E-state index contributed by atoms with van der Waals surface area (Å²) in [4.78, 5) is 19.7. The number of carbonyl (C=O) groups excluding carboxylic acids is 1. The summed E-state index contributed by atoms with van der Waals surface area (Å²) in [6.07, 6.45) is 5.59. The summed E-state index contributed by atoms with van der Waals surface area (Å²) >= 11 is 0. The zero-order valence-corrected chi connectivity index (χ0v) is 19.4. The Hall–Kier alpha value is -3.92. The molecular formula is C21H19FN9O2P. The molecule has 13 heteroatoms. The molecule has 34 heavy (non-hydrogen) atoms. The Morgan fingerprint density at radius 3 is 2.94 bits per heavy atom. The second-order valence-corrected chi connectivity index (χ2v) is 8.66. The number of amides is 1. The highest BCUT2D eigenvalue weighted by Gasteiger charge is 2.39. The highest BCUT2D eigenvalue weighted by Crippen LogP contribution is 2.36. The van der Waals surface area contributed by atoms with Crippen LogP contribution < -0.4 is 0 Å². The number of pyridine rings is 1. The lowest BCUT2D eigenvalue weighted by Gasteiger charge is -2.33. The summed E-state index contributed by atoms with van der Waals surface area (Å²) < 4.78 is 25.1. The van der Waals surface area contributed by atoms with Crippen LogP contribution in [0.1, 0.15) is 39.4 Å². The van der Waals surface area contributed by atoms with Gasteiger partial charge in [0.15, 0.2) is 0 Å². The number of rotatable bonds is 3. The van der Waals surface area contributed by atoms with Crippen molar-refractivity contribution in [3.05, 3.63) is 71.3 Å². The molecule has 1 aliphatic heterocycles. The summed E-state index contributed by atoms with van der Waals surface area (Å²) in [5, 5.41) is 16.8. The molecule has 0 spiro atoms. The van der Waals surface area contributed by atoms with Crippen molar-refractivity contribution in [1.82, 2.24) is 43.8 Å². The van der Waals surface area contributed by atoms with Gasteiger partial charge in [0.1, 0.15) is 23.1 Å². The van der Waals surface area contributed by atoms with E-state index in [-0.39, 0.29) is 11.8 Å². The Kier molecular flexibility index (Phi) is 4.59. The first kappa shape index (κ1) is 20.7. The van der Waals surface area contributed by atoms with Crippen LogP contribution in [0.2, 0.25) is 0 Å². The molecule has 0 radical (unpaired) electrons. The summed E-state index contributed by atoms with van der Waals surface area (Å²) in [5.41, 5.74) is 3.92. The van der Waals surface area contributed by atoms with Crippen molar-refractivity contribution in [2.75, 3.05) is 6.54 Å². The van der Waals surface area contributed by atoms with E-state index in [1.807, 2.05) is 11.3 Å². The predicted octanol–water partition coefficient (Wildman–Crippen LogP) is 2.19. The first-order valence-electron chi connectivity index (χ1n) is 10.5. The first-order chi connectivity index (χ1) is 16.4. The number of imidazole rings is 1. The summed E-state index contributed by atoms with van der Waals surface area (Å²) in [5.74, 6) is -0.798. The Morgan fingerprint density at radius 1 is 1.32 bits per heavy atom. The number of hydrogen-bond donors (Lipinski definition) is 0. The van der Waals surface area contributed by atoms with Gasteiger partial charge in [0, 0.05) is 31.9 Å². The van der Waals surface area contributed by atoms with Gasteiger partial charge in [-0.3, -0.25) is 9.48 Å². The molecule has 1 amide bonds. The van der Waals surface area contributed by atoms with Gasteiger partial charge in [0.05, 0.1) is 23.9 Å². The van der Waals surface area contributed by atoms with Crippen LogP contribution in [0, 0.1) is 12.7 Å². The van der Waals surface area contributed by atoms with Crippen LogP contribution in [-0.2, 0) is 13.5 Å². The van der Waals surface area contributed by atoms with Crippen molar-refractivity contribution in [2.24, 2.45) is 7.05 Å². The summed E-state index contributed by atoms with van der Waals surface area (Å²) in [6.45, 7) is 2.24. The zero-order valence-electron chi connectivity index (χ0n) is 18.3. The molecule has 0 aliphatic carbocycles. The number of fused-ring (bicyclic) bond motifs is 2. The van der Waals surface area contributed by atoms with E-state index in [0.29, 0.717) is 35.6 Å². The standard InChI is InChI=1S/C21H19FN9O2P/c1-11-9-24-28(2)17(11)19-25-26-20(33-19)21(32)29-7-5-14-16(23-10-31(14)34)18(29)13-8-15-12(22)4-3-6-30(15)27-13/h3-4,6,8-10,18H,5,7,34H2,1-2H3/t18-/m1/s1. The lowest BCUT2D eigenvalue weighted by molar-refractivity contribution is 0.0646. The predicted molar refractivity (Wildman–Crippen MR) is 120 cm³/mol. The average molecular weight is 479 g/mol. The number of aryl methyl sites for hydroxylation is 2. The Balaban J connectivity index is 1.43. The second kappa shape index (κ2) is 7.56. The fraction of sp³-hybridized carbons (Fsp3) is 0.238. The minimum Gasteiger partial charge on any atom is -0.411 e. The van der Waals surface area contributed by atoms with Gasteiger partial charge in [-0.15, -0.1) is 10.2 Å². The molecule has 2 atom stereocenters. The van der Waals surface area contributed by atoms with Crippen molar-refractivity contribution >= 4 is 20.8 Å². The third kappa shape index (κ3) is 3.06. The van der Waals surface area contributed by atoms with Crippen molar-refractivity contribution in [3.8, 4) is 11.6 Å². The summed E-state index contributed by atoms with van der Waals surface area (Å²) in [7, 11) is 4.36. The maximum absolute atomic E-state index is 14.4. The highest BCUT2D eigenvalue weighted by molar-refractivity contribution is 7.14. The SMILES string of the molecule is Cc1cnn(C)c1-c1nnc(C(=O)N2CCc3c(ncn3P)[C@H]2c2cc3c(F)cccn3n2)o1. The fourth-order valence-electron chi connectivity index (χ4n) is 4.42. The van der Waals surface area contributed by atoms with Crippen LogP contribution in [0.15, 0.2) is 41.3 Å². The molecule has 0 saturated carbocycles. The Morgan fingerprint density at radius 2 is 2.18 bits per heavy atom. The number of hydrogen-bond acceptors (Lipinski definition) is 7. The summed E-state index contributed by atoms with van der Waals surface area (Å²) in [6, 6.07) is 3.93. The van der Waals surface area contributed by atoms with E-state index in [0.717, 1.165) is 11.3 Å². The monoisotopic (exact) mass is 479 g/mol. The number of halogens is 1. The maximum atomic E-state index is 14.4. The molecule has 6 rings (SSSR count). The molecule has 0 N–H and O–H groups in total. The van der Waals surface area contributed by atoms with Gasteiger partial charge < -0.3 is 13.7 Å². The van der Waals surface area contributed by atoms with Gasteiger partial charge in [-0.2, -0.15) is 10.2 Å². The van der Waals surface area contributed by atoms with Gasteiger partial charge in [0.25, 0.3) is 5.89 Å². The smallest absolute Gasteiger partial charge is 0.312 e. The van der Waals surface area contributed by atoms with E-state index in [1.165, 1.54) is 10.6 Å². The molecule has 0 aromatic carbocycles. The molecule has 1 aliphatic rings. The van der Waals surface area contributed by atoms with Crippen molar-refractivity contribution in [2.45, 2.75) is 19.4 Å². The molecule has 1 unspecified atom stereocenters. The molecular weight excluding hydrogens is 460 g/mol. The van der Waals surface area contributed by atoms with E-state index < -0.39 is 17.8 Å². The first-order valence-corrected chi connectivity index (χ1v) is 11.0. The van der Waals surface area contributed by atoms with Crippen LogP contribution in [-0.4, -0.2) is 56.3 Å². The van der Waals surface area contributed by atoms with Crippen LogP contribution in [0.25, 0.3) is 17.1 Å². The largest absolute Gasteiger partial charge is 0.411 e. The molecule has 11 nitrogen and oxygen atoms in total. The third-order valence-electron chi connectivity index (χ3n) is 6.03. The van der Waals surface area contributed by atoms with Gasteiger partial charge in [-0.05, 0) is 40.1 Å². The van der Waals surface area contributed by atoms with Gasteiger partial charge in [-0.25, -0.2) is 13.9 Å². The molecule has 172 valence electrons. The molecule has 6 heterocycles. The van der Waals surface area contributed by atoms with Crippen molar-refractivity contribution in [3.63, 3.8) is 0 Å². The second-order valence-electron chi connectivity index (χ2n) is 8.10. The Bertz CT molecular complexity index is 1550. The third-order valence-corrected chi connectivity index (χ3v) is 6.48. The van der Waals surface area contributed by atoms with E-state index >= 15 is 0 Å².